The van der Waals surface area contributed by atoms with E-state index in [4.69, 9.17) is 0 Å². The maximum Gasteiger partial charge on any atom is 0.263 e. The molecular formula is C24H20N4O4S2. The molecule has 34 heavy (non-hydrogen) atoms. The van der Waals surface area contributed by atoms with Gasteiger partial charge < -0.3 is 10.6 Å². The zero-order chi connectivity index (χ0) is 24.0. The van der Waals surface area contributed by atoms with Crippen molar-refractivity contribution in [1.82, 2.24) is 4.98 Å². The quantitative estimate of drug-likeness (QED) is 0.338. The van der Waals surface area contributed by atoms with Crippen molar-refractivity contribution in [2.24, 2.45) is 0 Å². The van der Waals surface area contributed by atoms with E-state index in [0.717, 1.165) is 5.56 Å². The van der Waals surface area contributed by atoms with Gasteiger partial charge in [0.05, 0.1) is 11.3 Å². The van der Waals surface area contributed by atoms with Crippen LogP contribution in [0.3, 0.4) is 0 Å². The van der Waals surface area contributed by atoms with Gasteiger partial charge in [0.1, 0.15) is 0 Å². The van der Waals surface area contributed by atoms with Crippen LogP contribution in [0, 0.1) is 0 Å². The zero-order valence-corrected chi connectivity index (χ0v) is 19.4. The molecule has 0 aliphatic heterocycles. The highest BCUT2D eigenvalue weighted by Crippen LogP contribution is 2.20. The fourth-order valence-electron chi connectivity index (χ4n) is 3.06. The molecule has 4 rings (SSSR count). The van der Waals surface area contributed by atoms with Crippen LogP contribution < -0.4 is 15.4 Å². The van der Waals surface area contributed by atoms with Crippen LogP contribution in [0.15, 0.2) is 95.3 Å². The number of carbonyl (C=O) groups excluding carboxylic acids is 2. The Balaban J connectivity index is 1.34. The molecule has 0 spiro atoms. The minimum atomic E-state index is -3.76. The molecule has 2 amide bonds. The van der Waals surface area contributed by atoms with Gasteiger partial charge in [-0.05, 0) is 54.1 Å². The Kier molecular flexibility index (Phi) is 7.00. The summed E-state index contributed by atoms with van der Waals surface area (Å²) in [5, 5.41) is 7.47. The summed E-state index contributed by atoms with van der Waals surface area (Å²) in [6.07, 6.45) is 1.76. The van der Waals surface area contributed by atoms with Crippen molar-refractivity contribution in [3.63, 3.8) is 0 Å². The molecule has 8 nitrogen and oxygen atoms in total. The third-order valence-corrected chi connectivity index (χ3v) is 6.89. The third kappa shape index (κ3) is 6.06. The first-order valence-corrected chi connectivity index (χ1v) is 12.5. The van der Waals surface area contributed by atoms with Crippen molar-refractivity contribution in [2.75, 3.05) is 15.4 Å². The van der Waals surface area contributed by atoms with E-state index in [1.54, 1.807) is 29.6 Å². The summed E-state index contributed by atoms with van der Waals surface area (Å²) < 4.78 is 27.2. The SMILES string of the molecule is O=C(Cc1ccccc1)Nc1ccc(C(=O)Nc2ccc(S(=O)(=O)Nc3nccs3)cc2)cc1. The molecule has 0 atom stereocenters. The molecule has 10 heteroatoms. The molecule has 1 heterocycles. The number of hydrogen-bond acceptors (Lipinski definition) is 6. The number of thiazole rings is 1. The van der Waals surface area contributed by atoms with Gasteiger partial charge in [-0.1, -0.05) is 30.3 Å². The zero-order valence-electron chi connectivity index (χ0n) is 17.8. The summed E-state index contributed by atoms with van der Waals surface area (Å²) in [6, 6.07) is 21.7. The second-order valence-corrected chi connectivity index (χ2v) is 9.79. The summed E-state index contributed by atoms with van der Waals surface area (Å²) >= 11 is 1.18. The van der Waals surface area contributed by atoms with E-state index in [1.165, 1.54) is 41.8 Å². The van der Waals surface area contributed by atoms with Crippen molar-refractivity contribution in [3.05, 3.63) is 102 Å². The minimum absolute atomic E-state index is 0.0521. The van der Waals surface area contributed by atoms with Crippen molar-refractivity contribution < 1.29 is 18.0 Å². The van der Waals surface area contributed by atoms with Gasteiger partial charge in [-0.25, -0.2) is 13.4 Å². The number of hydrogen-bond donors (Lipinski definition) is 3. The second-order valence-electron chi connectivity index (χ2n) is 7.21. The molecule has 0 unspecified atom stereocenters. The maximum atomic E-state index is 12.5. The van der Waals surface area contributed by atoms with Crippen LogP contribution in [0.1, 0.15) is 15.9 Å². The van der Waals surface area contributed by atoms with Gasteiger partial charge >= 0.3 is 0 Å². The lowest BCUT2D eigenvalue weighted by molar-refractivity contribution is -0.115. The molecule has 0 fully saturated rings. The highest BCUT2D eigenvalue weighted by Gasteiger charge is 2.16. The normalized spacial score (nSPS) is 10.9. The summed E-state index contributed by atoms with van der Waals surface area (Å²) in [4.78, 5) is 28.7. The molecule has 4 aromatic rings. The summed E-state index contributed by atoms with van der Waals surface area (Å²) in [5.74, 6) is -0.513. The number of carbonyl (C=O) groups is 2. The molecule has 0 aliphatic carbocycles. The first-order valence-electron chi connectivity index (χ1n) is 10.2. The van der Waals surface area contributed by atoms with Gasteiger partial charge in [-0.3, -0.25) is 14.3 Å². The standard InChI is InChI=1S/C24H20N4O4S2/c29-22(16-17-4-2-1-3-5-17)26-19-8-6-18(7-9-19)23(30)27-20-10-12-21(13-11-20)34(31,32)28-24-25-14-15-33-24/h1-15H,16H2,(H,25,28)(H,26,29)(H,27,30). The lowest BCUT2D eigenvalue weighted by atomic mass is 10.1. The number of aromatic nitrogens is 1. The molecule has 0 saturated heterocycles. The van der Waals surface area contributed by atoms with E-state index >= 15 is 0 Å². The van der Waals surface area contributed by atoms with E-state index in [9.17, 15) is 18.0 Å². The predicted molar refractivity (Wildman–Crippen MR) is 133 cm³/mol. The fourth-order valence-corrected chi connectivity index (χ4v) is 4.85. The number of benzene rings is 3. The van der Waals surface area contributed by atoms with Gasteiger partial charge in [-0.15, -0.1) is 11.3 Å². The van der Waals surface area contributed by atoms with Crippen molar-refractivity contribution in [1.29, 1.82) is 0 Å². The van der Waals surface area contributed by atoms with E-state index in [0.29, 0.717) is 16.9 Å². The average Bonchev–Trinajstić information content (AvgIpc) is 3.33. The summed E-state index contributed by atoms with van der Waals surface area (Å²) in [6.45, 7) is 0. The molecule has 0 bridgehead atoms. The van der Waals surface area contributed by atoms with Gasteiger partial charge in [0.2, 0.25) is 5.91 Å². The highest BCUT2D eigenvalue weighted by atomic mass is 32.2. The first-order chi connectivity index (χ1) is 16.4. The third-order valence-electron chi connectivity index (χ3n) is 4.71. The van der Waals surface area contributed by atoms with Crippen LogP contribution in [-0.2, 0) is 21.2 Å². The summed E-state index contributed by atoms with van der Waals surface area (Å²) in [5.41, 5.74) is 2.33. The Bertz CT molecular complexity index is 1370. The second kappa shape index (κ2) is 10.3. The Hall–Kier alpha value is -4.02. The molecule has 3 N–H and O–H groups in total. The maximum absolute atomic E-state index is 12.5. The Morgan fingerprint density at radius 3 is 2.12 bits per heavy atom. The van der Waals surface area contributed by atoms with Crippen molar-refractivity contribution in [2.45, 2.75) is 11.3 Å². The van der Waals surface area contributed by atoms with Gasteiger partial charge in [-0.2, -0.15) is 0 Å². The number of sulfonamides is 1. The molecule has 1 aromatic heterocycles. The molecule has 0 saturated carbocycles. The highest BCUT2D eigenvalue weighted by molar-refractivity contribution is 7.93. The molecule has 172 valence electrons. The average molecular weight is 493 g/mol. The van der Waals surface area contributed by atoms with Crippen LogP contribution in [0.4, 0.5) is 16.5 Å². The van der Waals surface area contributed by atoms with Crippen LogP contribution in [-0.4, -0.2) is 25.2 Å². The van der Waals surface area contributed by atoms with Crippen LogP contribution in [0.25, 0.3) is 0 Å². The summed E-state index contributed by atoms with van der Waals surface area (Å²) in [7, 11) is -3.76. The molecule has 0 aliphatic rings. The number of amides is 2. The van der Waals surface area contributed by atoms with E-state index in [-0.39, 0.29) is 28.3 Å². The van der Waals surface area contributed by atoms with E-state index in [2.05, 4.69) is 20.3 Å². The van der Waals surface area contributed by atoms with Crippen molar-refractivity contribution in [3.8, 4) is 0 Å². The van der Waals surface area contributed by atoms with E-state index in [1.807, 2.05) is 30.3 Å². The van der Waals surface area contributed by atoms with Crippen molar-refractivity contribution >= 4 is 49.7 Å². The lowest BCUT2D eigenvalue weighted by Gasteiger charge is -2.09. The molecule has 0 radical (unpaired) electrons. The molecular weight excluding hydrogens is 472 g/mol. The number of nitrogens with one attached hydrogen (secondary N) is 3. The van der Waals surface area contributed by atoms with Gasteiger partial charge in [0.15, 0.2) is 5.13 Å². The van der Waals surface area contributed by atoms with Gasteiger partial charge in [0.25, 0.3) is 15.9 Å². The van der Waals surface area contributed by atoms with E-state index < -0.39 is 10.0 Å². The fraction of sp³-hybridized carbons (Fsp3) is 0.0417. The van der Waals surface area contributed by atoms with Gasteiger partial charge in [0, 0.05) is 28.5 Å². The first kappa shape index (κ1) is 23.1. The predicted octanol–water partition coefficient (Wildman–Crippen LogP) is 4.38. The van der Waals surface area contributed by atoms with Crippen LogP contribution in [0.2, 0.25) is 0 Å². The number of nitrogens with zero attached hydrogens (tertiary/aromatic N) is 1. The van der Waals surface area contributed by atoms with Crippen LogP contribution in [0.5, 0.6) is 0 Å². The smallest absolute Gasteiger partial charge is 0.263 e. The number of anilines is 3. The van der Waals surface area contributed by atoms with Crippen LogP contribution >= 0.6 is 11.3 Å². The topological polar surface area (TPSA) is 117 Å². The largest absolute Gasteiger partial charge is 0.326 e. The Morgan fingerprint density at radius 1 is 0.824 bits per heavy atom. The molecule has 3 aromatic carbocycles. The Morgan fingerprint density at radius 2 is 1.47 bits per heavy atom. The minimum Gasteiger partial charge on any atom is -0.326 e. The Labute approximate surface area is 200 Å². The monoisotopic (exact) mass is 492 g/mol. The number of rotatable bonds is 8. The lowest BCUT2D eigenvalue weighted by Crippen LogP contribution is -2.15.